The molecule has 0 aromatic heterocycles. The van der Waals surface area contributed by atoms with Crippen LogP contribution in [0.1, 0.15) is 16.7 Å². The van der Waals surface area contributed by atoms with Gasteiger partial charge in [-0.3, -0.25) is 0 Å². The van der Waals surface area contributed by atoms with Gasteiger partial charge < -0.3 is 0 Å². The molecule has 0 spiro atoms. The van der Waals surface area contributed by atoms with E-state index in [1.54, 1.807) is 0 Å². The van der Waals surface area contributed by atoms with E-state index in [1.807, 2.05) is 0 Å². The highest BCUT2D eigenvalue weighted by molar-refractivity contribution is 5.71. The molecule has 0 aliphatic heterocycles. The van der Waals surface area contributed by atoms with Crippen LogP contribution in [0.25, 0.3) is 11.1 Å². The van der Waals surface area contributed by atoms with E-state index < -0.39 is 0 Å². The average Bonchev–Trinajstić information content (AvgIpc) is 2.26. The SMILES string of the molecule is Cc1[c]cc(C)c(-c2ccccc2)c1C. The van der Waals surface area contributed by atoms with Crippen molar-refractivity contribution < 1.29 is 0 Å². The summed E-state index contributed by atoms with van der Waals surface area (Å²) in [6.07, 6.45) is 0. The largest absolute Gasteiger partial charge is 0.0622 e. The van der Waals surface area contributed by atoms with Gasteiger partial charge in [0.25, 0.3) is 0 Å². The van der Waals surface area contributed by atoms with Crippen LogP contribution < -0.4 is 0 Å². The van der Waals surface area contributed by atoms with Gasteiger partial charge in [0.2, 0.25) is 0 Å². The van der Waals surface area contributed by atoms with Gasteiger partial charge in [0, 0.05) is 0 Å². The monoisotopic (exact) mass is 195 g/mol. The Morgan fingerprint density at radius 1 is 0.933 bits per heavy atom. The van der Waals surface area contributed by atoms with Gasteiger partial charge in [-0.2, -0.15) is 0 Å². The third-order valence-electron chi connectivity index (χ3n) is 2.90. The first-order chi connectivity index (χ1) is 7.20. The van der Waals surface area contributed by atoms with Crippen molar-refractivity contribution in [3.63, 3.8) is 0 Å². The van der Waals surface area contributed by atoms with Crippen LogP contribution >= 0.6 is 0 Å². The molecule has 0 bridgehead atoms. The van der Waals surface area contributed by atoms with Crippen LogP contribution in [0.4, 0.5) is 0 Å². The number of hydrogen-bond donors (Lipinski definition) is 0. The summed E-state index contributed by atoms with van der Waals surface area (Å²) in [5.41, 5.74) is 6.52. The lowest BCUT2D eigenvalue weighted by Gasteiger charge is -2.11. The molecule has 0 aliphatic carbocycles. The second-order valence-electron chi connectivity index (χ2n) is 3.96. The van der Waals surface area contributed by atoms with Crippen LogP contribution in [0, 0.1) is 26.8 Å². The van der Waals surface area contributed by atoms with E-state index in [1.165, 1.54) is 27.8 Å². The normalized spacial score (nSPS) is 10.3. The van der Waals surface area contributed by atoms with Crippen LogP contribution in [0.15, 0.2) is 36.4 Å². The third-order valence-corrected chi connectivity index (χ3v) is 2.90. The summed E-state index contributed by atoms with van der Waals surface area (Å²) in [5.74, 6) is 0. The van der Waals surface area contributed by atoms with E-state index in [2.05, 4.69) is 63.2 Å². The van der Waals surface area contributed by atoms with Crippen LogP contribution in [-0.2, 0) is 0 Å². The first-order valence-corrected chi connectivity index (χ1v) is 5.24. The molecule has 2 aromatic rings. The summed E-state index contributed by atoms with van der Waals surface area (Å²) in [5, 5.41) is 0. The lowest BCUT2D eigenvalue weighted by atomic mass is 9.93. The van der Waals surface area contributed by atoms with Crippen molar-refractivity contribution >= 4 is 0 Å². The summed E-state index contributed by atoms with van der Waals surface area (Å²) >= 11 is 0. The molecule has 15 heavy (non-hydrogen) atoms. The van der Waals surface area contributed by atoms with Crippen LogP contribution in [0.3, 0.4) is 0 Å². The zero-order valence-electron chi connectivity index (χ0n) is 9.46. The minimum Gasteiger partial charge on any atom is -0.0622 e. The van der Waals surface area contributed by atoms with Crippen molar-refractivity contribution in [3.8, 4) is 11.1 Å². The van der Waals surface area contributed by atoms with E-state index in [0.717, 1.165) is 0 Å². The molecule has 0 unspecified atom stereocenters. The Kier molecular flexibility index (Phi) is 2.59. The smallest absolute Gasteiger partial charge is 0.0122 e. The Hall–Kier alpha value is -1.56. The Morgan fingerprint density at radius 3 is 2.27 bits per heavy atom. The van der Waals surface area contributed by atoms with Crippen molar-refractivity contribution in [2.24, 2.45) is 0 Å². The Bertz CT molecular complexity index is 467. The van der Waals surface area contributed by atoms with E-state index >= 15 is 0 Å². The maximum atomic E-state index is 3.28. The second kappa shape index (κ2) is 3.90. The summed E-state index contributed by atoms with van der Waals surface area (Å²) in [6, 6.07) is 15.9. The van der Waals surface area contributed by atoms with Crippen molar-refractivity contribution in [3.05, 3.63) is 59.2 Å². The highest BCUT2D eigenvalue weighted by atomic mass is 14.1. The van der Waals surface area contributed by atoms with Gasteiger partial charge in [-0.25, -0.2) is 0 Å². The number of hydrogen-bond acceptors (Lipinski definition) is 0. The minimum absolute atomic E-state index is 1.24. The molecule has 0 heteroatoms. The van der Waals surface area contributed by atoms with Gasteiger partial charge in [0.05, 0.1) is 0 Å². The molecule has 0 amide bonds. The van der Waals surface area contributed by atoms with E-state index in [-0.39, 0.29) is 0 Å². The summed E-state index contributed by atoms with van der Waals surface area (Å²) in [4.78, 5) is 0. The molecule has 0 heterocycles. The van der Waals surface area contributed by atoms with Gasteiger partial charge in [-0.05, 0) is 54.7 Å². The topological polar surface area (TPSA) is 0 Å². The van der Waals surface area contributed by atoms with Gasteiger partial charge in [-0.1, -0.05) is 36.4 Å². The molecule has 0 atom stereocenters. The Balaban J connectivity index is 2.68. The fourth-order valence-electron chi connectivity index (χ4n) is 1.93. The van der Waals surface area contributed by atoms with Crippen molar-refractivity contribution in [1.82, 2.24) is 0 Å². The lowest BCUT2D eigenvalue weighted by Crippen LogP contribution is -1.91. The number of aryl methyl sites for hydroxylation is 2. The van der Waals surface area contributed by atoms with E-state index in [4.69, 9.17) is 0 Å². The maximum Gasteiger partial charge on any atom is -0.0122 e. The predicted octanol–water partition coefficient (Wildman–Crippen LogP) is 4.08. The van der Waals surface area contributed by atoms with Gasteiger partial charge in [0.15, 0.2) is 0 Å². The molecule has 0 fully saturated rings. The molecule has 2 rings (SSSR count). The highest BCUT2D eigenvalue weighted by Gasteiger charge is 2.06. The molecule has 0 saturated heterocycles. The maximum absolute atomic E-state index is 3.28. The van der Waals surface area contributed by atoms with Crippen molar-refractivity contribution in [2.45, 2.75) is 20.8 Å². The lowest BCUT2D eigenvalue weighted by molar-refractivity contribution is 1.29. The van der Waals surface area contributed by atoms with Crippen molar-refractivity contribution in [2.75, 3.05) is 0 Å². The van der Waals surface area contributed by atoms with Gasteiger partial charge in [0.1, 0.15) is 0 Å². The summed E-state index contributed by atoms with van der Waals surface area (Å²) < 4.78 is 0. The number of benzene rings is 2. The van der Waals surface area contributed by atoms with E-state index in [9.17, 15) is 0 Å². The molecule has 0 nitrogen and oxygen atoms in total. The molecule has 75 valence electrons. The minimum atomic E-state index is 1.24. The van der Waals surface area contributed by atoms with Crippen LogP contribution in [-0.4, -0.2) is 0 Å². The third kappa shape index (κ3) is 1.80. The van der Waals surface area contributed by atoms with Crippen LogP contribution in [0.5, 0.6) is 0 Å². The zero-order valence-corrected chi connectivity index (χ0v) is 9.46. The fourth-order valence-corrected chi connectivity index (χ4v) is 1.93. The predicted molar refractivity (Wildman–Crippen MR) is 64.9 cm³/mol. The molecular formula is C15H15. The molecule has 2 aromatic carbocycles. The first-order valence-electron chi connectivity index (χ1n) is 5.24. The Labute approximate surface area is 91.6 Å². The van der Waals surface area contributed by atoms with E-state index in [0.29, 0.717) is 0 Å². The molecular weight excluding hydrogens is 180 g/mol. The number of rotatable bonds is 1. The zero-order chi connectivity index (χ0) is 10.8. The molecule has 1 radical (unpaired) electrons. The summed E-state index contributed by atoms with van der Waals surface area (Å²) in [6.45, 7) is 6.42. The quantitative estimate of drug-likeness (QED) is 0.643. The Morgan fingerprint density at radius 2 is 1.60 bits per heavy atom. The molecule has 0 N–H and O–H groups in total. The fraction of sp³-hybridized carbons (Fsp3) is 0.200. The first kappa shape index (κ1) is 9.97. The van der Waals surface area contributed by atoms with Gasteiger partial charge >= 0.3 is 0 Å². The van der Waals surface area contributed by atoms with Gasteiger partial charge in [-0.15, -0.1) is 0 Å². The standard InChI is InChI=1S/C15H15/c1-11-9-10-12(2)15(13(11)3)14-7-5-4-6-8-14/h4-8,10H,1-3H3. The van der Waals surface area contributed by atoms with Crippen LogP contribution in [0.2, 0.25) is 0 Å². The van der Waals surface area contributed by atoms with Crippen molar-refractivity contribution in [1.29, 1.82) is 0 Å². The molecule has 0 aliphatic rings. The highest BCUT2D eigenvalue weighted by Crippen LogP contribution is 2.28. The summed E-state index contributed by atoms with van der Waals surface area (Å²) in [7, 11) is 0. The second-order valence-corrected chi connectivity index (χ2v) is 3.96. The molecule has 0 saturated carbocycles. The average molecular weight is 195 g/mol.